The molecule has 2 N–H and O–H groups in total. The smallest absolute Gasteiger partial charge is 0.328 e. The van der Waals surface area contributed by atoms with Crippen LogP contribution in [0.1, 0.15) is 47.5 Å². The fourth-order valence-electron chi connectivity index (χ4n) is 1.67. The van der Waals surface area contributed by atoms with Crippen molar-refractivity contribution in [1.29, 1.82) is 0 Å². The first kappa shape index (κ1) is 19.2. The van der Waals surface area contributed by atoms with Gasteiger partial charge in [-0.1, -0.05) is 27.7 Å². The summed E-state index contributed by atoms with van der Waals surface area (Å²) < 4.78 is 4.62. The van der Waals surface area contributed by atoms with Gasteiger partial charge in [-0.25, -0.2) is 4.79 Å². The monoisotopic (exact) mass is 260 g/mol. The third-order valence-corrected chi connectivity index (χ3v) is 2.40. The van der Waals surface area contributed by atoms with Crippen LogP contribution in [0.5, 0.6) is 0 Å². The normalized spacial score (nSPS) is 18.8. The number of ether oxygens (including phenoxy) is 1. The van der Waals surface area contributed by atoms with E-state index in [1.54, 1.807) is 6.92 Å². The quantitative estimate of drug-likeness (QED) is 0.765. The molecule has 1 unspecified atom stereocenters. The average Bonchev–Trinajstić information content (AvgIpc) is 2.90. The van der Waals surface area contributed by atoms with Gasteiger partial charge in [-0.3, -0.25) is 4.79 Å². The van der Waals surface area contributed by atoms with E-state index in [9.17, 15) is 9.59 Å². The van der Waals surface area contributed by atoms with Crippen LogP contribution in [0.3, 0.4) is 0 Å². The lowest BCUT2D eigenvalue weighted by molar-refractivity contribution is -0.151. The Balaban J connectivity index is 0. The van der Waals surface area contributed by atoms with Crippen molar-refractivity contribution in [2.75, 3.05) is 13.7 Å². The largest absolute Gasteiger partial charge is 0.467 e. The summed E-state index contributed by atoms with van der Waals surface area (Å²) >= 11 is 0. The van der Waals surface area contributed by atoms with Crippen molar-refractivity contribution >= 4 is 11.9 Å². The lowest BCUT2D eigenvalue weighted by Gasteiger charge is -2.24. The van der Waals surface area contributed by atoms with E-state index in [1.807, 2.05) is 27.7 Å². The third-order valence-electron chi connectivity index (χ3n) is 2.40. The molecule has 1 aliphatic rings. The van der Waals surface area contributed by atoms with E-state index in [0.717, 1.165) is 6.42 Å². The molecule has 1 aliphatic heterocycles. The van der Waals surface area contributed by atoms with E-state index in [0.29, 0.717) is 13.0 Å². The van der Waals surface area contributed by atoms with Gasteiger partial charge in [0.1, 0.15) is 6.04 Å². The van der Waals surface area contributed by atoms with Gasteiger partial charge in [0.25, 0.3) is 0 Å². The number of nitrogens with zero attached hydrogens (tertiary/aromatic N) is 1. The summed E-state index contributed by atoms with van der Waals surface area (Å²) in [7, 11) is 1.33. The van der Waals surface area contributed by atoms with Crippen LogP contribution in [0.4, 0.5) is 0 Å². The van der Waals surface area contributed by atoms with Crippen molar-refractivity contribution in [3.8, 4) is 0 Å². The SMILES string of the molecule is CC.CC.COC(=O)C1CCCN1C(=O)[C@H](C)N. The highest BCUT2D eigenvalue weighted by molar-refractivity contribution is 5.87. The predicted octanol–water partition coefficient (Wildman–Crippen LogP) is 1.55. The zero-order chi connectivity index (χ0) is 14.7. The molecule has 0 aromatic carbocycles. The molecular weight excluding hydrogens is 232 g/mol. The summed E-state index contributed by atoms with van der Waals surface area (Å²) in [5.74, 6) is -0.533. The first-order valence-electron chi connectivity index (χ1n) is 6.71. The van der Waals surface area contributed by atoms with Crippen LogP contribution >= 0.6 is 0 Å². The summed E-state index contributed by atoms with van der Waals surface area (Å²) in [4.78, 5) is 24.4. The van der Waals surface area contributed by atoms with Crippen molar-refractivity contribution in [3.63, 3.8) is 0 Å². The summed E-state index contributed by atoms with van der Waals surface area (Å²) in [6, 6.07) is -0.987. The molecule has 108 valence electrons. The highest BCUT2D eigenvalue weighted by Gasteiger charge is 2.35. The average molecular weight is 260 g/mol. The summed E-state index contributed by atoms with van der Waals surface area (Å²) in [6.45, 7) is 10.2. The second kappa shape index (κ2) is 11.0. The molecule has 1 fully saturated rings. The fraction of sp³-hybridized carbons (Fsp3) is 0.846. The molecule has 0 aliphatic carbocycles. The molecule has 0 aromatic heterocycles. The minimum absolute atomic E-state index is 0.182. The number of esters is 1. The second-order valence-electron chi connectivity index (χ2n) is 3.50. The second-order valence-corrected chi connectivity index (χ2v) is 3.50. The van der Waals surface area contributed by atoms with Crippen LogP contribution in [-0.2, 0) is 14.3 Å². The number of carbonyl (C=O) groups is 2. The molecule has 0 bridgehead atoms. The zero-order valence-corrected chi connectivity index (χ0v) is 12.5. The van der Waals surface area contributed by atoms with Gasteiger partial charge < -0.3 is 15.4 Å². The van der Waals surface area contributed by atoms with Gasteiger partial charge in [-0.05, 0) is 19.8 Å². The molecule has 0 aromatic rings. The molecule has 0 spiro atoms. The van der Waals surface area contributed by atoms with Gasteiger partial charge in [0, 0.05) is 6.54 Å². The Morgan fingerprint density at radius 1 is 1.28 bits per heavy atom. The van der Waals surface area contributed by atoms with Crippen molar-refractivity contribution < 1.29 is 14.3 Å². The summed E-state index contributed by atoms with van der Waals surface area (Å²) in [5.41, 5.74) is 5.48. The summed E-state index contributed by atoms with van der Waals surface area (Å²) in [6.07, 6.45) is 1.50. The molecule has 1 saturated heterocycles. The number of likely N-dealkylation sites (tertiary alicyclic amines) is 1. The fourth-order valence-corrected chi connectivity index (χ4v) is 1.67. The first-order chi connectivity index (χ1) is 8.57. The Bertz CT molecular complexity index is 242. The molecule has 1 rings (SSSR count). The third kappa shape index (κ3) is 5.49. The Kier molecular flexibility index (Phi) is 11.8. The number of hydrogen-bond donors (Lipinski definition) is 1. The number of methoxy groups -OCH3 is 1. The highest BCUT2D eigenvalue weighted by atomic mass is 16.5. The molecule has 1 heterocycles. The van der Waals surface area contributed by atoms with E-state index in [2.05, 4.69) is 4.74 Å². The number of carbonyl (C=O) groups excluding carboxylic acids is 2. The van der Waals surface area contributed by atoms with Crippen molar-refractivity contribution in [1.82, 2.24) is 4.90 Å². The maximum Gasteiger partial charge on any atom is 0.328 e. The molecular formula is C13H28N2O3. The highest BCUT2D eigenvalue weighted by Crippen LogP contribution is 2.18. The van der Waals surface area contributed by atoms with Crippen molar-refractivity contribution in [2.24, 2.45) is 5.73 Å². The van der Waals surface area contributed by atoms with Crippen LogP contribution in [0.2, 0.25) is 0 Å². The van der Waals surface area contributed by atoms with Crippen LogP contribution in [-0.4, -0.2) is 42.5 Å². The van der Waals surface area contributed by atoms with Crippen LogP contribution in [0, 0.1) is 0 Å². The van der Waals surface area contributed by atoms with Gasteiger partial charge in [0.2, 0.25) is 5.91 Å². The lowest BCUT2D eigenvalue weighted by atomic mass is 10.2. The van der Waals surface area contributed by atoms with Gasteiger partial charge in [-0.2, -0.15) is 0 Å². The number of amides is 1. The predicted molar refractivity (Wildman–Crippen MR) is 73.1 cm³/mol. The van der Waals surface area contributed by atoms with Crippen LogP contribution < -0.4 is 5.73 Å². The molecule has 1 amide bonds. The molecule has 2 atom stereocenters. The van der Waals surface area contributed by atoms with Gasteiger partial charge >= 0.3 is 5.97 Å². The van der Waals surface area contributed by atoms with Crippen molar-refractivity contribution in [3.05, 3.63) is 0 Å². The van der Waals surface area contributed by atoms with E-state index < -0.39 is 12.1 Å². The molecule has 18 heavy (non-hydrogen) atoms. The summed E-state index contributed by atoms with van der Waals surface area (Å²) in [5, 5.41) is 0. The van der Waals surface area contributed by atoms with E-state index >= 15 is 0 Å². The van der Waals surface area contributed by atoms with Gasteiger partial charge in [0.05, 0.1) is 13.2 Å². The molecule has 0 saturated carbocycles. The van der Waals surface area contributed by atoms with Gasteiger partial charge in [0.15, 0.2) is 0 Å². The van der Waals surface area contributed by atoms with Crippen LogP contribution in [0.15, 0.2) is 0 Å². The van der Waals surface area contributed by atoms with Crippen LogP contribution in [0.25, 0.3) is 0 Å². The Hall–Kier alpha value is -1.10. The lowest BCUT2D eigenvalue weighted by Crippen LogP contribution is -2.47. The van der Waals surface area contributed by atoms with E-state index in [4.69, 9.17) is 5.73 Å². The standard InChI is InChI=1S/C9H16N2O3.2C2H6/c1-6(10)8(12)11-5-3-4-7(11)9(13)14-2;2*1-2/h6-7H,3-5,10H2,1-2H3;2*1-2H3/t6-,7?;;/m0../s1. The van der Waals surface area contributed by atoms with Crippen molar-refractivity contribution in [2.45, 2.75) is 59.5 Å². The number of hydrogen-bond acceptors (Lipinski definition) is 4. The van der Waals surface area contributed by atoms with E-state index in [-0.39, 0.29) is 11.9 Å². The maximum atomic E-state index is 11.6. The first-order valence-corrected chi connectivity index (χ1v) is 6.71. The Morgan fingerprint density at radius 3 is 2.17 bits per heavy atom. The zero-order valence-electron chi connectivity index (χ0n) is 12.5. The minimum Gasteiger partial charge on any atom is -0.467 e. The Labute approximate surface area is 111 Å². The number of rotatable bonds is 2. The minimum atomic E-state index is -0.555. The Morgan fingerprint density at radius 2 is 1.78 bits per heavy atom. The molecule has 0 radical (unpaired) electrons. The molecule has 5 heteroatoms. The maximum absolute atomic E-state index is 11.6. The molecule has 5 nitrogen and oxygen atoms in total. The topological polar surface area (TPSA) is 72.6 Å². The number of nitrogens with two attached hydrogens (primary N) is 1. The van der Waals surface area contributed by atoms with Gasteiger partial charge in [-0.15, -0.1) is 0 Å². The van der Waals surface area contributed by atoms with E-state index in [1.165, 1.54) is 12.0 Å².